The van der Waals surface area contributed by atoms with Gasteiger partial charge in [0.15, 0.2) is 0 Å². The monoisotopic (exact) mass is 335 g/mol. The summed E-state index contributed by atoms with van der Waals surface area (Å²) in [6, 6.07) is 7.37. The molecule has 0 unspecified atom stereocenters. The Morgan fingerprint density at radius 2 is 2.06 bits per heavy atom. The average Bonchev–Trinajstić information content (AvgIpc) is 2.75. The van der Waals surface area contributed by atoms with Crippen molar-refractivity contribution in [2.75, 3.05) is 0 Å². The lowest BCUT2D eigenvalue weighted by atomic mass is 10.2. The van der Waals surface area contributed by atoms with Crippen LogP contribution in [0.4, 0.5) is 8.78 Å². The minimum atomic E-state index is -2.64. The molecule has 0 aliphatic rings. The van der Waals surface area contributed by atoms with E-state index in [1.807, 2.05) is 24.3 Å². The number of rotatable bonds is 4. The van der Waals surface area contributed by atoms with Crippen molar-refractivity contribution >= 4 is 27.5 Å². The summed E-state index contributed by atoms with van der Waals surface area (Å²) < 4.78 is 27.9. The number of alkyl halides is 3. The fraction of sp³-hybridized carbons (Fsp3) is 0.273. The van der Waals surface area contributed by atoms with Crippen molar-refractivity contribution in [3.05, 3.63) is 45.7 Å². The van der Waals surface area contributed by atoms with Crippen LogP contribution in [0.25, 0.3) is 0 Å². The Morgan fingerprint density at radius 3 is 2.67 bits per heavy atom. The van der Waals surface area contributed by atoms with Crippen LogP contribution in [0.15, 0.2) is 28.7 Å². The fourth-order valence-electron chi connectivity index (χ4n) is 1.59. The van der Waals surface area contributed by atoms with Crippen molar-refractivity contribution in [1.82, 2.24) is 15.0 Å². The van der Waals surface area contributed by atoms with Crippen LogP contribution in [0, 0.1) is 0 Å². The first-order valence-electron chi connectivity index (χ1n) is 5.13. The molecule has 1 heterocycles. The molecule has 96 valence electrons. The largest absolute Gasteiger partial charge is 0.281 e. The van der Waals surface area contributed by atoms with E-state index in [1.54, 1.807) is 0 Å². The number of hydrogen-bond donors (Lipinski definition) is 0. The summed E-state index contributed by atoms with van der Waals surface area (Å²) in [6.07, 6.45) is -2.64. The van der Waals surface area contributed by atoms with E-state index in [1.165, 1.54) is 4.68 Å². The van der Waals surface area contributed by atoms with Gasteiger partial charge in [-0.2, -0.15) is 0 Å². The molecule has 0 aliphatic heterocycles. The van der Waals surface area contributed by atoms with E-state index in [4.69, 9.17) is 11.6 Å². The second-order valence-corrected chi connectivity index (χ2v) is 4.73. The summed E-state index contributed by atoms with van der Waals surface area (Å²) in [5, 5.41) is 7.39. The van der Waals surface area contributed by atoms with Crippen LogP contribution < -0.4 is 0 Å². The molecule has 1 aromatic heterocycles. The van der Waals surface area contributed by atoms with E-state index < -0.39 is 6.43 Å². The second kappa shape index (κ2) is 5.75. The molecule has 0 amide bonds. The van der Waals surface area contributed by atoms with Crippen LogP contribution >= 0.6 is 27.5 Å². The van der Waals surface area contributed by atoms with Crippen molar-refractivity contribution in [3.8, 4) is 0 Å². The highest BCUT2D eigenvalue weighted by Crippen LogP contribution is 2.24. The number of halogens is 4. The molecule has 3 nitrogen and oxygen atoms in total. The smallest absolute Gasteiger partial charge is 0.239 e. The van der Waals surface area contributed by atoms with Crippen molar-refractivity contribution in [2.45, 2.75) is 18.9 Å². The van der Waals surface area contributed by atoms with E-state index in [9.17, 15) is 8.78 Å². The molecule has 7 heteroatoms. The van der Waals surface area contributed by atoms with Gasteiger partial charge in [-0.25, -0.2) is 13.5 Å². The van der Waals surface area contributed by atoms with E-state index >= 15 is 0 Å². The van der Waals surface area contributed by atoms with Crippen LogP contribution in [0.2, 0.25) is 0 Å². The van der Waals surface area contributed by atoms with Crippen LogP contribution in [0.5, 0.6) is 0 Å². The molecule has 0 saturated carbocycles. The molecule has 0 N–H and O–H groups in total. The standard InChI is InChI=1S/C11H9BrClF2N3/c12-8-4-2-1-3-7(8)6-18-10(11(14)15)9(5-13)16-17-18/h1-4,11H,5-6H2. The number of nitrogens with zero attached hydrogens (tertiary/aromatic N) is 3. The third-order valence-corrected chi connectivity index (χ3v) is 3.49. The molecule has 0 atom stereocenters. The van der Waals surface area contributed by atoms with Crippen LogP contribution in [0.3, 0.4) is 0 Å². The molecule has 0 aliphatic carbocycles. The van der Waals surface area contributed by atoms with E-state index in [0.29, 0.717) is 0 Å². The molecule has 0 bridgehead atoms. The molecule has 18 heavy (non-hydrogen) atoms. The van der Waals surface area contributed by atoms with Gasteiger partial charge in [-0.15, -0.1) is 16.7 Å². The Balaban J connectivity index is 2.35. The van der Waals surface area contributed by atoms with Gasteiger partial charge in [-0.05, 0) is 11.6 Å². The first kappa shape index (κ1) is 13.4. The van der Waals surface area contributed by atoms with Gasteiger partial charge in [-0.1, -0.05) is 39.3 Å². The summed E-state index contributed by atoms with van der Waals surface area (Å²) in [4.78, 5) is 0. The quantitative estimate of drug-likeness (QED) is 0.796. The molecule has 0 saturated heterocycles. The molecule has 0 spiro atoms. The highest BCUT2D eigenvalue weighted by Gasteiger charge is 2.21. The molecule has 2 aromatic rings. The lowest BCUT2D eigenvalue weighted by Gasteiger charge is -2.08. The van der Waals surface area contributed by atoms with Gasteiger partial charge in [0, 0.05) is 4.47 Å². The molecule has 0 fully saturated rings. The summed E-state index contributed by atoms with van der Waals surface area (Å²) in [5.74, 6) is -0.0738. The van der Waals surface area contributed by atoms with Gasteiger partial charge in [0.1, 0.15) is 11.4 Å². The van der Waals surface area contributed by atoms with Crippen molar-refractivity contribution in [3.63, 3.8) is 0 Å². The van der Waals surface area contributed by atoms with E-state index in [0.717, 1.165) is 10.0 Å². The van der Waals surface area contributed by atoms with Crippen molar-refractivity contribution in [1.29, 1.82) is 0 Å². The number of aromatic nitrogens is 3. The maximum absolute atomic E-state index is 12.9. The zero-order valence-electron chi connectivity index (χ0n) is 9.15. The van der Waals surface area contributed by atoms with E-state index in [-0.39, 0.29) is 23.8 Å². The Labute approximate surface area is 116 Å². The van der Waals surface area contributed by atoms with Gasteiger partial charge in [0.2, 0.25) is 0 Å². The average molecular weight is 337 g/mol. The molecule has 2 rings (SSSR count). The van der Waals surface area contributed by atoms with E-state index in [2.05, 4.69) is 26.2 Å². The molecular formula is C11H9BrClF2N3. The zero-order valence-corrected chi connectivity index (χ0v) is 11.5. The summed E-state index contributed by atoms with van der Waals surface area (Å²) in [5.41, 5.74) is 0.755. The summed E-state index contributed by atoms with van der Waals surface area (Å²) in [6.45, 7) is 0.227. The third kappa shape index (κ3) is 2.70. The van der Waals surface area contributed by atoms with Gasteiger partial charge in [0.25, 0.3) is 6.43 Å². The molecular weight excluding hydrogens is 327 g/mol. The maximum atomic E-state index is 12.9. The van der Waals surface area contributed by atoms with Gasteiger partial charge < -0.3 is 0 Å². The molecule has 0 radical (unpaired) electrons. The fourth-order valence-corrected chi connectivity index (χ4v) is 2.20. The maximum Gasteiger partial charge on any atom is 0.281 e. The topological polar surface area (TPSA) is 30.7 Å². The molecule has 1 aromatic carbocycles. The Morgan fingerprint density at radius 1 is 1.33 bits per heavy atom. The highest BCUT2D eigenvalue weighted by molar-refractivity contribution is 9.10. The van der Waals surface area contributed by atoms with Gasteiger partial charge >= 0.3 is 0 Å². The second-order valence-electron chi connectivity index (χ2n) is 3.60. The minimum Gasteiger partial charge on any atom is -0.239 e. The third-order valence-electron chi connectivity index (χ3n) is 2.46. The van der Waals surface area contributed by atoms with Gasteiger partial charge in [0.05, 0.1) is 12.4 Å². The number of hydrogen-bond acceptors (Lipinski definition) is 2. The van der Waals surface area contributed by atoms with Gasteiger partial charge in [-0.3, -0.25) is 0 Å². The van der Waals surface area contributed by atoms with Crippen LogP contribution in [0.1, 0.15) is 23.4 Å². The Hall–Kier alpha value is -1.01. The predicted molar refractivity (Wildman–Crippen MR) is 67.8 cm³/mol. The van der Waals surface area contributed by atoms with Crippen molar-refractivity contribution < 1.29 is 8.78 Å². The summed E-state index contributed by atoms with van der Waals surface area (Å²) in [7, 11) is 0. The highest BCUT2D eigenvalue weighted by atomic mass is 79.9. The minimum absolute atomic E-state index is 0.0738. The lowest BCUT2D eigenvalue weighted by molar-refractivity contribution is 0.139. The Bertz CT molecular complexity index is 545. The summed E-state index contributed by atoms with van der Waals surface area (Å²) >= 11 is 8.93. The lowest BCUT2D eigenvalue weighted by Crippen LogP contribution is -2.08. The van der Waals surface area contributed by atoms with Crippen LogP contribution in [-0.4, -0.2) is 15.0 Å². The predicted octanol–water partition coefficient (Wildman–Crippen LogP) is 3.77. The SMILES string of the molecule is FC(F)c1c(CCl)nnn1Cc1ccccc1Br. The zero-order chi connectivity index (χ0) is 13.1. The van der Waals surface area contributed by atoms with Crippen LogP contribution in [-0.2, 0) is 12.4 Å². The number of benzene rings is 1. The normalized spacial score (nSPS) is 11.2. The first-order chi connectivity index (χ1) is 8.63. The first-order valence-corrected chi connectivity index (χ1v) is 6.46. The van der Waals surface area contributed by atoms with Crippen molar-refractivity contribution in [2.24, 2.45) is 0 Å². The Kier molecular flexibility index (Phi) is 4.29.